The Labute approximate surface area is 183 Å². The summed E-state index contributed by atoms with van der Waals surface area (Å²) in [7, 11) is 3.91. The van der Waals surface area contributed by atoms with E-state index in [-0.39, 0.29) is 17.6 Å². The van der Waals surface area contributed by atoms with Crippen molar-refractivity contribution in [1.82, 2.24) is 19.7 Å². The Kier molecular flexibility index (Phi) is 6.70. The van der Waals surface area contributed by atoms with Gasteiger partial charge in [0.25, 0.3) is 5.56 Å². The van der Waals surface area contributed by atoms with E-state index in [0.29, 0.717) is 12.5 Å². The lowest BCUT2D eigenvalue weighted by atomic mass is 9.93. The Bertz CT molecular complexity index is 932. The van der Waals surface area contributed by atoms with Gasteiger partial charge in [0, 0.05) is 45.5 Å². The van der Waals surface area contributed by atoms with Crippen molar-refractivity contribution in [3.63, 3.8) is 0 Å². The molecule has 3 heterocycles. The van der Waals surface area contributed by atoms with Crippen molar-refractivity contribution < 1.29 is 5.11 Å². The maximum absolute atomic E-state index is 12.5. The predicted molar refractivity (Wildman–Crippen MR) is 122 cm³/mol. The fourth-order valence-electron chi connectivity index (χ4n) is 4.59. The predicted octanol–water partition coefficient (Wildman–Crippen LogP) is 2.05. The molecule has 31 heavy (non-hydrogen) atoms. The maximum atomic E-state index is 12.5. The summed E-state index contributed by atoms with van der Waals surface area (Å²) < 4.78 is 1.52. The summed E-state index contributed by atoms with van der Waals surface area (Å²) in [4.78, 5) is 25.6. The number of hydrogen-bond acceptors (Lipinski definition) is 8. The van der Waals surface area contributed by atoms with Crippen LogP contribution in [0.1, 0.15) is 51.0 Å². The lowest BCUT2D eigenvalue weighted by Crippen LogP contribution is -2.45. The molecule has 0 spiro atoms. The molecule has 9 nitrogen and oxygen atoms in total. The van der Waals surface area contributed by atoms with Gasteiger partial charge in [-0.2, -0.15) is 10.1 Å². The highest BCUT2D eigenvalue weighted by Gasteiger charge is 2.29. The standard InChI is InChI=1S/C22H33N7O2/c1-27(2)19-12-13-23-22(25-19)24-15-16-7-5-6-14-28(16)20-10-11-21(31)29(26-20)17-8-3-4-9-18(17)30/h10-13,16-18,30H,3-9,14-15H2,1-2H3,(H,23,24,25). The summed E-state index contributed by atoms with van der Waals surface area (Å²) in [6, 6.07) is 5.28. The van der Waals surface area contributed by atoms with Gasteiger partial charge in [0.1, 0.15) is 11.6 Å². The van der Waals surface area contributed by atoms with Crippen molar-refractivity contribution in [2.75, 3.05) is 42.3 Å². The SMILES string of the molecule is CN(C)c1ccnc(NCC2CCCCN2c2ccc(=O)n(C3CCCCC3O)n2)n1. The molecule has 0 amide bonds. The summed E-state index contributed by atoms with van der Waals surface area (Å²) in [6.07, 6.45) is 8.08. The van der Waals surface area contributed by atoms with Crippen LogP contribution in [0.2, 0.25) is 0 Å². The van der Waals surface area contributed by atoms with Crippen LogP contribution in [0.4, 0.5) is 17.6 Å². The molecule has 2 fully saturated rings. The van der Waals surface area contributed by atoms with E-state index in [4.69, 9.17) is 5.10 Å². The number of anilines is 3. The third-order valence-corrected chi connectivity index (χ3v) is 6.34. The van der Waals surface area contributed by atoms with Gasteiger partial charge in [0.05, 0.1) is 12.1 Å². The first-order valence-corrected chi connectivity index (χ1v) is 11.3. The van der Waals surface area contributed by atoms with Crippen molar-refractivity contribution in [1.29, 1.82) is 0 Å². The molecule has 4 rings (SSSR count). The molecule has 2 aromatic heterocycles. The van der Waals surface area contributed by atoms with Gasteiger partial charge >= 0.3 is 0 Å². The highest BCUT2D eigenvalue weighted by molar-refractivity contribution is 5.42. The molecule has 9 heteroatoms. The number of nitrogens with one attached hydrogen (secondary N) is 1. The minimum atomic E-state index is -0.505. The largest absolute Gasteiger partial charge is 0.391 e. The number of aromatic nitrogens is 4. The van der Waals surface area contributed by atoms with Gasteiger partial charge in [-0.25, -0.2) is 9.67 Å². The second-order valence-corrected chi connectivity index (χ2v) is 8.75. The minimum Gasteiger partial charge on any atom is -0.391 e. The number of piperidine rings is 1. The Morgan fingerprint density at radius 2 is 1.94 bits per heavy atom. The average molecular weight is 428 g/mol. The van der Waals surface area contributed by atoms with Crippen molar-refractivity contribution in [3.8, 4) is 0 Å². The summed E-state index contributed by atoms with van der Waals surface area (Å²) in [5.41, 5.74) is -0.143. The molecule has 2 aromatic rings. The van der Waals surface area contributed by atoms with Gasteiger partial charge in [-0.1, -0.05) is 12.8 Å². The molecule has 0 radical (unpaired) electrons. The van der Waals surface area contributed by atoms with Gasteiger partial charge in [0.2, 0.25) is 5.95 Å². The van der Waals surface area contributed by atoms with E-state index in [0.717, 1.165) is 63.1 Å². The first kappa shape index (κ1) is 21.5. The lowest BCUT2D eigenvalue weighted by molar-refractivity contribution is 0.0669. The highest BCUT2D eigenvalue weighted by atomic mass is 16.3. The summed E-state index contributed by atoms with van der Waals surface area (Å²) in [5, 5.41) is 18.5. The van der Waals surface area contributed by atoms with Gasteiger partial charge in [-0.15, -0.1) is 0 Å². The highest BCUT2D eigenvalue weighted by Crippen LogP contribution is 2.28. The molecule has 0 bridgehead atoms. The molecule has 0 aromatic carbocycles. The topological polar surface area (TPSA) is 99.4 Å². The summed E-state index contributed by atoms with van der Waals surface area (Å²) in [6.45, 7) is 1.59. The molecule has 168 valence electrons. The number of aliphatic hydroxyl groups is 1. The average Bonchev–Trinajstić information content (AvgIpc) is 2.79. The molecule has 1 aliphatic carbocycles. The van der Waals surface area contributed by atoms with Crippen molar-refractivity contribution in [3.05, 3.63) is 34.7 Å². The van der Waals surface area contributed by atoms with Crippen molar-refractivity contribution in [2.45, 2.75) is 63.1 Å². The van der Waals surface area contributed by atoms with Crippen LogP contribution in [-0.4, -0.2) is 64.2 Å². The van der Waals surface area contributed by atoms with Crippen LogP contribution in [0.15, 0.2) is 29.2 Å². The number of hydrogen-bond donors (Lipinski definition) is 2. The van der Waals surface area contributed by atoms with Crippen molar-refractivity contribution >= 4 is 17.6 Å². The second-order valence-electron chi connectivity index (χ2n) is 8.75. The minimum absolute atomic E-state index is 0.143. The Morgan fingerprint density at radius 1 is 1.13 bits per heavy atom. The van der Waals surface area contributed by atoms with Crippen LogP contribution in [0.5, 0.6) is 0 Å². The molecule has 3 unspecified atom stereocenters. The van der Waals surface area contributed by atoms with E-state index in [2.05, 4.69) is 20.2 Å². The first-order chi connectivity index (χ1) is 15.0. The van der Waals surface area contributed by atoms with Crippen LogP contribution < -0.4 is 20.7 Å². The van der Waals surface area contributed by atoms with E-state index in [1.807, 2.05) is 31.1 Å². The number of aliphatic hydroxyl groups excluding tert-OH is 1. The van der Waals surface area contributed by atoms with Crippen LogP contribution >= 0.6 is 0 Å². The van der Waals surface area contributed by atoms with Gasteiger partial charge in [-0.3, -0.25) is 4.79 Å². The van der Waals surface area contributed by atoms with Crippen LogP contribution in [0, 0.1) is 0 Å². The molecule has 1 saturated carbocycles. The van der Waals surface area contributed by atoms with Crippen LogP contribution in [-0.2, 0) is 0 Å². The van der Waals surface area contributed by atoms with Gasteiger partial charge in [-0.05, 0) is 44.2 Å². The lowest BCUT2D eigenvalue weighted by Gasteiger charge is -2.37. The van der Waals surface area contributed by atoms with E-state index in [1.165, 1.54) is 4.68 Å². The Hall–Kier alpha value is -2.68. The second kappa shape index (κ2) is 9.64. The summed E-state index contributed by atoms with van der Waals surface area (Å²) in [5.74, 6) is 2.27. The molecule has 3 atom stereocenters. The Balaban J connectivity index is 1.51. The van der Waals surface area contributed by atoms with Crippen molar-refractivity contribution in [2.24, 2.45) is 0 Å². The monoisotopic (exact) mass is 427 g/mol. The van der Waals surface area contributed by atoms with E-state index in [1.54, 1.807) is 12.3 Å². The first-order valence-electron chi connectivity index (χ1n) is 11.3. The molecule has 1 saturated heterocycles. The zero-order chi connectivity index (χ0) is 21.8. The zero-order valence-electron chi connectivity index (χ0n) is 18.4. The molecular formula is C22H33N7O2. The number of rotatable bonds is 6. The third-order valence-electron chi connectivity index (χ3n) is 6.34. The van der Waals surface area contributed by atoms with Gasteiger partial charge in [0.15, 0.2) is 0 Å². The third kappa shape index (κ3) is 4.98. The van der Waals surface area contributed by atoms with E-state index < -0.39 is 6.10 Å². The fourth-order valence-corrected chi connectivity index (χ4v) is 4.59. The van der Waals surface area contributed by atoms with Gasteiger partial charge < -0.3 is 20.2 Å². The fraction of sp³-hybridized carbons (Fsp3) is 0.636. The molecule has 2 N–H and O–H groups in total. The van der Waals surface area contributed by atoms with Crippen LogP contribution in [0.25, 0.3) is 0 Å². The Morgan fingerprint density at radius 3 is 2.74 bits per heavy atom. The smallest absolute Gasteiger partial charge is 0.267 e. The maximum Gasteiger partial charge on any atom is 0.267 e. The van der Waals surface area contributed by atoms with Crippen LogP contribution in [0.3, 0.4) is 0 Å². The van der Waals surface area contributed by atoms with E-state index in [9.17, 15) is 9.90 Å². The number of nitrogens with zero attached hydrogens (tertiary/aromatic N) is 6. The normalized spacial score (nSPS) is 24.1. The molecule has 2 aliphatic rings. The molecular weight excluding hydrogens is 394 g/mol. The summed E-state index contributed by atoms with van der Waals surface area (Å²) >= 11 is 0. The zero-order valence-corrected chi connectivity index (χ0v) is 18.4. The van der Waals surface area contributed by atoms with E-state index >= 15 is 0 Å². The molecule has 1 aliphatic heterocycles. The quantitative estimate of drug-likeness (QED) is 0.723.